The second-order valence-corrected chi connectivity index (χ2v) is 14.8. The van der Waals surface area contributed by atoms with Gasteiger partial charge in [0.2, 0.25) is 0 Å². The average Bonchev–Trinajstić information content (AvgIpc) is 2.94. The Morgan fingerprint density at radius 2 is 0.784 bits per heavy atom. The maximum Gasteiger partial charge on any atom is 0.183 e. The first-order chi connectivity index (χ1) is 18.4. The van der Waals surface area contributed by atoms with E-state index in [1.165, 1.54) is 77.0 Å². The van der Waals surface area contributed by atoms with E-state index in [0.29, 0.717) is 0 Å². The van der Waals surface area contributed by atoms with Crippen LogP contribution in [-0.2, 0) is 0 Å². The molecule has 4 fully saturated rings. The molecule has 0 nitrogen and oxygen atoms in total. The van der Waals surface area contributed by atoms with Crippen LogP contribution >= 0.6 is 7.92 Å². The van der Waals surface area contributed by atoms with Crippen molar-refractivity contribution in [2.45, 2.75) is 100 Å². The van der Waals surface area contributed by atoms with Gasteiger partial charge in [-0.3, -0.25) is 0 Å². The SMILES string of the molecule is c1ccc(P(c2ccccc2B2C3CCCC2CCC3)c2ccccc2B2C3CCCC2CCC3)cc1. The number of rotatable bonds is 5. The van der Waals surface area contributed by atoms with Crippen molar-refractivity contribution in [1.82, 2.24) is 0 Å². The molecule has 0 N–H and O–H groups in total. The second-order valence-electron chi connectivity index (χ2n) is 12.6. The Balaban J connectivity index is 1.39. The van der Waals surface area contributed by atoms with Gasteiger partial charge in [-0.1, -0.05) is 190 Å². The van der Waals surface area contributed by atoms with Gasteiger partial charge in [0.15, 0.2) is 13.4 Å². The Bertz CT molecular complexity index is 1090. The molecule has 0 aromatic heterocycles. The van der Waals surface area contributed by atoms with Gasteiger partial charge in [0.05, 0.1) is 0 Å². The summed E-state index contributed by atoms with van der Waals surface area (Å²) in [6.07, 6.45) is 17.4. The summed E-state index contributed by atoms with van der Waals surface area (Å²) in [5, 5.41) is 4.88. The number of hydrogen-bond acceptors (Lipinski definition) is 0. The van der Waals surface area contributed by atoms with Crippen LogP contribution in [0.4, 0.5) is 0 Å². The zero-order valence-electron chi connectivity index (χ0n) is 22.4. The topological polar surface area (TPSA) is 0 Å². The molecule has 3 heteroatoms. The first kappa shape index (κ1) is 24.3. The Hall–Kier alpha value is -1.78. The van der Waals surface area contributed by atoms with Crippen LogP contribution in [0.3, 0.4) is 0 Å². The molecule has 4 bridgehead atoms. The molecule has 3 aromatic carbocycles. The number of hydrogen-bond donors (Lipinski definition) is 0. The van der Waals surface area contributed by atoms with Crippen molar-refractivity contribution < 1.29 is 0 Å². The third kappa shape index (κ3) is 4.56. The van der Waals surface area contributed by atoms with Crippen LogP contribution in [0, 0.1) is 0 Å². The van der Waals surface area contributed by atoms with E-state index >= 15 is 0 Å². The normalized spacial score (nSPS) is 28.1. The summed E-state index contributed by atoms with van der Waals surface area (Å²) in [5.41, 5.74) is 3.43. The first-order valence-corrected chi connectivity index (χ1v) is 16.8. The zero-order chi connectivity index (χ0) is 24.6. The van der Waals surface area contributed by atoms with Crippen molar-refractivity contribution >= 4 is 48.2 Å². The number of benzene rings is 3. The van der Waals surface area contributed by atoms with Crippen LogP contribution in [0.1, 0.15) is 77.0 Å². The van der Waals surface area contributed by atoms with Gasteiger partial charge in [0, 0.05) is 0 Å². The highest BCUT2D eigenvalue weighted by molar-refractivity contribution is 7.80. The molecule has 4 saturated heterocycles. The van der Waals surface area contributed by atoms with Crippen LogP contribution in [0.15, 0.2) is 78.9 Å². The molecular formula is C34H41B2P. The van der Waals surface area contributed by atoms with Crippen LogP contribution in [0.2, 0.25) is 23.3 Å². The van der Waals surface area contributed by atoms with E-state index in [4.69, 9.17) is 0 Å². The van der Waals surface area contributed by atoms with E-state index in [1.54, 1.807) is 26.8 Å². The highest BCUT2D eigenvalue weighted by atomic mass is 31.1. The van der Waals surface area contributed by atoms with Crippen LogP contribution in [0.25, 0.3) is 0 Å². The van der Waals surface area contributed by atoms with E-state index in [2.05, 4.69) is 78.9 Å². The van der Waals surface area contributed by atoms with E-state index in [0.717, 1.165) is 36.7 Å². The monoisotopic (exact) mass is 502 g/mol. The minimum atomic E-state index is -0.575. The van der Waals surface area contributed by atoms with E-state index in [1.807, 2.05) is 0 Å². The molecule has 0 radical (unpaired) electrons. The lowest BCUT2D eigenvalue weighted by molar-refractivity contribution is 0.448. The Morgan fingerprint density at radius 3 is 1.19 bits per heavy atom. The lowest BCUT2D eigenvalue weighted by Crippen LogP contribution is -2.53. The molecule has 0 amide bonds. The summed E-state index contributed by atoms with van der Waals surface area (Å²) < 4.78 is 0. The fourth-order valence-corrected chi connectivity index (χ4v) is 12.0. The van der Waals surface area contributed by atoms with Gasteiger partial charge in [-0.15, -0.1) is 0 Å². The van der Waals surface area contributed by atoms with Crippen molar-refractivity contribution in [2.75, 3.05) is 0 Å². The van der Waals surface area contributed by atoms with Crippen molar-refractivity contribution in [2.24, 2.45) is 0 Å². The van der Waals surface area contributed by atoms with E-state index < -0.39 is 7.92 Å². The highest BCUT2D eigenvalue weighted by Gasteiger charge is 2.44. The molecule has 37 heavy (non-hydrogen) atoms. The molecule has 7 rings (SSSR count). The summed E-state index contributed by atoms with van der Waals surface area (Å²) in [7, 11) is -0.575. The smallest absolute Gasteiger partial charge is 0.0713 e. The summed E-state index contributed by atoms with van der Waals surface area (Å²) >= 11 is 0. The molecule has 0 spiro atoms. The molecule has 188 valence electrons. The van der Waals surface area contributed by atoms with Gasteiger partial charge in [-0.25, -0.2) is 0 Å². The minimum Gasteiger partial charge on any atom is -0.0713 e. The molecule has 4 aliphatic heterocycles. The van der Waals surface area contributed by atoms with Gasteiger partial charge in [0.25, 0.3) is 0 Å². The first-order valence-electron chi connectivity index (χ1n) is 15.4. The molecule has 3 aromatic rings. The fourth-order valence-electron chi connectivity index (χ4n) is 9.30. The van der Waals surface area contributed by atoms with Gasteiger partial charge >= 0.3 is 0 Å². The third-order valence-corrected chi connectivity index (χ3v) is 13.3. The van der Waals surface area contributed by atoms with Crippen molar-refractivity contribution in [3.05, 3.63) is 78.9 Å². The Kier molecular flexibility index (Phi) is 7.06. The van der Waals surface area contributed by atoms with Crippen LogP contribution in [-0.4, -0.2) is 13.4 Å². The van der Waals surface area contributed by atoms with Crippen molar-refractivity contribution in [3.8, 4) is 0 Å². The average molecular weight is 502 g/mol. The maximum atomic E-state index is 2.55. The van der Waals surface area contributed by atoms with E-state index in [-0.39, 0.29) is 0 Å². The van der Waals surface area contributed by atoms with Crippen LogP contribution in [0.5, 0.6) is 0 Å². The molecule has 0 saturated carbocycles. The predicted molar refractivity (Wildman–Crippen MR) is 166 cm³/mol. The van der Waals surface area contributed by atoms with Gasteiger partial charge < -0.3 is 0 Å². The van der Waals surface area contributed by atoms with E-state index in [9.17, 15) is 0 Å². The zero-order valence-corrected chi connectivity index (χ0v) is 23.3. The molecular weight excluding hydrogens is 461 g/mol. The summed E-state index contributed by atoms with van der Waals surface area (Å²) in [4.78, 5) is 0. The molecule has 0 unspecified atom stereocenters. The highest BCUT2D eigenvalue weighted by Crippen LogP contribution is 2.48. The molecule has 0 aliphatic carbocycles. The summed E-state index contributed by atoms with van der Waals surface area (Å²) in [6, 6.07) is 31.2. The molecule has 4 aliphatic rings. The Labute approximate surface area is 227 Å². The second kappa shape index (κ2) is 10.8. The summed E-state index contributed by atoms with van der Waals surface area (Å²) in [5.74, 6) is 3.59. The van der Waals surface area contributed by atoms with Crippen molar-refractivity contribution in [3.63, 3.8) is 0 Å². The van der Waals surface area contributed by atoms with Gasteiger partial charge in [-0.2, -0.15) is 0 Å². The largest absolute Gasteiger partial charge is 0.183 e. The minimum absolute atomic E-state index is 0.575. The Morgan fingerprint density at radius 1 is 0.432 bits per heavy atom. The third-order valence-electron chi connectivity index (χ3n) is 10.7. The maximum absolute atomic E-state index is 2.55. The molecule has 0 atom stereocenters. The fraction of sp³-hybridized carbons (Fsp3) is 0.471. The summed E-state index contributed by atoms with van der Waals surface area (Å²) in [6.45, 7) is 1.54. The van der Waals surface area contributed by atoms with Crippen molar-refractivity contribution in [1.29, 1.82) is 0 Å². The molecule has 4 heterocycles. The standard InChI is InChI=1S/C34H41B2P/c1-2-20-30(21-3-1)37(33-24-6-4-22-31(33)35-26-12-8-13-27(35)15-9-14-26)34-25-7-5-23-32(34)36-28-16-10-17-29(36)19-11-18-28/h1-7,20-29H,8-19H2. The lowest BCUT2D eigenvalue weighted by atomic mass is 9.24. The van der Waals surface area contributed by atoms with Gasteiger partial charge in [-0.05, 0) is 23.8 Å². The predicted octanol–water partition coefficient (Wildman–Crippen LogP) is 7.06. The lowest BCUT2D eigenvalue weighted by Gasteiger charge is -2.43. The van der Waals surface area contributed by atoms with Gasteiger partial charge in [0.1, 0.15) is 0 Å². The number of fused-ring (bicyclic) bond motifs is 4. The quantitative estimate of drug-likeness (QED) is 0.259. The van der Waals surface area contributed by atoms with Crippen LogP contribution < -0.4 is 26.8 Å².